The monoisotopic (exact) mass is 329 g/mol. The number of aryl methyl sites for hydroxylation is 1. The van der Waals surface area contributed by atoms with Gasteiger partial charge in [0, 0.05) is 19.1 Å². The zero-order valence-corrected chi connectivity index (χ0v) is 14.9. The maximum atomic E-state index is 12.0. The summed E-state index contributed by atoms with van der Waals surface area (Å²) in [5.74, 6) is -1.13. The third kappa shape index (κ3) is 5.73. The molecule has 1 unspecified atom stereocenters. The Labute approximate surface area is 136 Å². The Hall–Kier alpha value is -1.47. The Morgan fingerprint density at radius 3 is 2.41 bits per heavy atom. The molecule has 0 aliphatic carbocycles. The lowest BCUT2D eigenvalue weighted by Gasteiger charge is -2.14. The fraction of sp³-hybridized carbons (Fsp3) is 0.667. The number of carboxylic acid groups (broad SMARTS) is 1. The molecule has 0 aromatic carbocycles. The molecule has 0 saturated carbocycles. The maximum absolute atomic E-state index is 12.0. The van der Waals surface area contributed by atoms with Gasteiger partial charge < -0.3 is 15.7 Å². The zero-order chi connectivity index (χ0) is 17.3. The Balaban J connectivity index is 0.00000102. The van der Waals surface area contributed by atoms with E-state index in [2.05, 4.69) is 4.98 Å². The molecule has 1 aromatic rings. The van der Waals surface area contributed by atoms with Crippen molar-refractivity contribution in [2.75, 3.05) is 13.1 Å². The molecule has 1 aliphatic rings. The Morgan fingerprint density at radius 1 is 1.36 bits per heavy atom. The van der Waals surface area contributed by atoms with Gasteiger partial charge >= 0.3 is 5.97 Å². The largest absolute Gasteiger partial charge is 0.477 e. The van der Waals surface area contributed by atoms with Crippen LogP contribution in [0.15, 0.2) is 0 Å². The zero-order valence-electron chi connectivity index (χ0n) is 14.0. The van der Waals surface area contributed by atoms with Crippen molar-refractivity contribution in [1.29, 1.82) is 0 Å². The Bertz CT molecular complexity index is 488. The second kappa shape index (κ2) is 10.3. The fourth-order valence-electron chi connectivity index (χ4n) is 2.03. The first-order valence-corrected chi connectivity index (χ1v) is 8.52. The topological polar surface area (TPSA) is 96.5 Å². The Morgan fingerprint density at radius 2 is 1.95 bits per heavy atom. The number of aromatic carboxylic acids is 1. The molecule has 2 rings (SSSR count). The molecule has 1 atom stereocenters. The standard InChI is InChI=1S/C11H15N3O3S.2C2H6/c1-6-13-8(10(18-6)11(16)17)4-9(15)14-3-2-7(12)5-14;2*1-2/h7H,2-5,12H2,1H3,(H,16,17);2*1-2H3. The minimum Gasteiger partial charge on any atom is -0.477 e. The lowest BCUT2D eigenvalue weighted by molar-refractivity contribution is -0.129. The average molecular weight is 329 g/mol. The highest BCUT2D eigenvalue weighted by Gasteiger charge is 2.26. The lowest BCUT2D eigenvalue weighted by atomic mass is 10.2. The van der Waals surface area contributed by atoms with Crippen LogP contribution in [0.25, 0.3) is 0 Å². The number of thiazole rings is 1. The van der Waals surface area contributed by atoms with E-state index < -0.39 is 5.97 Å². The number of amides is 1. The van der Waals surface area contributed by atoms with Crippen molar-refractivity contribution in [3.8, 4) is 0 Å². The van der Waals surface area contributed by atoms with Gasteiger partial charge in [0.15, 0.2) is 0 Å². The summed E-state index contributed by atoms with van der Waals surface area (Å²) in [4.78, 5) is 29.0. The smallest absolute Gasteiger partial charge is 0.347 e. The van der Waals surface area contributed by atoms with Gasteiger partial charge in [-0.15, -0.1) is 11.3 Å². The van der Waals surface area contributed by atoms with E-state index >= 15 is 0 Å². The molecule has 1 aromatic heterocycles. The van der Waals surface area contributed by atoms with Crippen molar-refractivity contribution in [3.05, 3.63) is 15.6 Å². The van der Waals surface area contributed by atoms with Crippen molar-refractivity contribution in [2.45, 2.75) is 53.5 Å². The highest BCUT2D eigenvalue weighted by atomic mass is 32.1. The predicted octanol–water partition coefficient (Wildman–Crippen LogP) is 2.30. The van der Waals surface area contributed by atoms with Crippen LogP contribution in [0.3, 0.4) is 0 Å². The molecule has 126 valence electrons. The van der Waals surface area contributed by atoms with Crippen LogP contribution in [-0.2, 0) is 11.2 Å². The van der Waals surface area contributed by atoms with E-state index in [1.165, 1.54) is 0 Å². The van der Waals surface area contributed by atoms with Crippen LogP contribution in [0.5, 0.6) is 0 Å². The van der Waals surface area contributed by atoms with Gasteiger partial charge in [0.05, 0.1) is 17.1 Å². The van der Waals surface area contributed by atoms with Gasteiger partial charge in [-0.3, -0.25) is 4.79 Å². The first-order chi connectivity index (χ1) is 10.5. The summed E-state index contributed by atoms with van der Waals surface area (Å²) < 4.78 is 0. The average Bonchev–Trinajstić information content (AvgIpc) is 3.09. The van der Waals surface area contributed by atoms with Crippen molar-refractivity contribution in [1.82, 2.24) is 9.88 Å². The number of likely N-dealkylation sites (tertiary alicyclic amines) is 1. The number of carbonyl (C=O) groups excluding carboxylic acids is 1. The van der Waals surface area contributed by atoms with Crippen LogP contribution in [0, 0.1) is 6.92 Å². The highest BCUT2D eigenvalue weighted by molar-refractivity contribution is 7.13. The third-order valence-electron chi connectivity index (χ3n) is 2.89. The normalized spacial score (nSPS) is 16.3. The summed E-state index contributed by atoms with van der Waals surface area (Å²) in [7, 11) is 0. The molecule has 0 radical (unpaired) electrons. The summed E-state index contributed by atoms with van der Waals surface area (Å²) in [5, 5.41) is 9.69. The second-order valence-electron chi connectivity index (χ2n) is 4.38. The van der Waals surface area contributed by atoms with Gasteiger partial charge in [0.25, 0.3) is 0 Å². The van der Waals surface area contributed by atoms with Crippen molar-refractivity contribution in [2.24, 2.45) is 5.73 Å². The lowest BCUT2D eigenvalue weighted by Crippen LogP contribution is -2.33. The number of nitrogens with two attached hydrogens (primary N) is 1. The highest BCUT2D eigenvalue weighted by Crippen LogP contribution is 2.19. The quantitative estimate of drug-likeness (QED) is 0.887. The van der Waals surface area contributed by atoms with Crippen LogP contribution in [-0.4, -0.2) is 46.0 Å². The SMILES string of the molecule is CC.CC.Cc1nc(CC(=O)N2CCC(N)C2)c(C(=O)O)s1. The maximum Gasteiger partial charge on any atom is 0.347 e. The number of nitrogens with zero attached hydrogens (tertiary/aromatic N) is 2. The summed E-state index contributed by atoms with van der Waals surface area (Å²) >= 11 is 1.10. The van der Waals surface area contributed by atoms with E-state index in [1.807, 2.05) is 27.7 Å². The summed E-state index contributed by atoms with van der Waals surface area (Å²) in [6.07, 6.45) is 0.840. The van der Waals surface area contributed by atoms with E-state index in [0.29, 0.717) is 23.8 Å². The number of hydrogen-bond acceptors (Lipinski definition) is 5. The molecule has 1 aliphatic heterocycles. The number of aromatic nitrogens is 1. The van der Waals surface area contributed by atoms with Crippen LogP contribution in [0.4, 0.5) is 0 Å². The van der Waals surface area contributed by atoms with E-state index in [4.69, 9.17) is 10.8 Å². The van der Waals surface area contributed by atoms with E-state index in [9.17, 15) is 9.59 Å². The second-order valence-corrected chi connectivity index (χ2v) is 5.58. The molecule has 3 N–H and O–H groups in total. The molecular weight excluding hydrogens is 302 g/mol. The molecule has 7 heteroatoms. The van der Waals surface area contributed by atoms with Gasteiger partial charge in [-0.25, -0.2) is 9.78 Å². The summed E-state index contributed by atoms with van der Waals surface area (Å²) in [5.41, 5.74) is 6.09. The van der Waals surface area contributed by atoms with Gasteiger partial charge in [-0.1, -0.05) is 27.7 Å². The van der Waals surface area contributed by atoms with E-state index in [1.54, 1.807) is 11.8 Å². The number of rotatable bonds is 3. The Kier molecular flexibility index (Phi) is 9.60. The van der Waals surface area contributed by atoms with Gasteiger partial charge in [-0.05, 0) is 13.3 Å². The first kappa shape index (κ1) is 20.5. The minimum atomic E-state index is -1.03. The summed E-state index contributed by atoms with van der Waals surface area (Å²) in [6, 6.07) is 0.0325. The fourth-order valence-corrected chi connectivity index (χ4v) is 2.80. The van der Waals surface area contributed by atoms with Crippen molar-refractivity contribution in [3.63, 3.8) is 0 Å². The molecule has 1 amide bonds. The van der Waals surface area contributed by atoms with Crippen LogP contribution < -0.4 is 5.73 Å². The number of hydrogen-bond donors (Lipinski definition) is 2. The van der Waals surface area contributed by atoms with Gasteiger partial charge in [-0.2, -0.15) is 0 Å². The van der Waals surface area contributed by atoms with E-state index in [0.717, 1.165) is 17.8 Å². The molecule has 1 saturated heterocycles. The van der Waals surface area contributed by atoms with Gasteiger partial charge in [0.2, 0.25) is 5.91 Å². The number of carboxylic acids is 1. The molecule has 6 nitrogen and oxygen atoms in total. The third-order valence-corrected chi connectivity index (χ3v) is 3.90. The van der Waals surface area contributed by atoms with E-state index in [-0.39, 0.29) is 23.2 Å². The van der Waals surface area contributed by atoms with Crippen LogP contribution >= 0.6 is 11.3 Å². The molecule has 22 heavy (non-hydrogen) atoms. The van der Waals surface area contributed by atoms with Crippen LogP contribution in [0.2, 0.25) is 0 Å². The molecule has 1 fully saturated rings. The molecule has 2 heterocycles. The predicted molar refractivity (Wildman–Crippen MR) is 89.4 cm³/mol. The molecular formula is C15H27N3O3S. The van der Waals surface area contributed by atoms with Crippen LogP contribution in [0.1, 0.15) is 54.5 Å². The first-order valence-electron chi connectivity index (χ1n) is 7.70. The minimum absolute atomic E-state index is 0.0325. The summed E-state index contributed by atoms with van der Waals surface area (Å²) in [6.45, 7) is 10.9. The molecule has 0 bridgehead atoms. The number of carbonyl (C=O) groups is 2. The van der Waals surface area contributed by atoms with Gasteiger partial charge in [0.1, 0.15) is 4.88 Å². The van der Waals surface area contributed by atoms with Crippen molar-refractivity contribution >= 4 is 23.2 Å². The van der Waals surface area contributed by atoms with Crippen molar-refractivity contribution < 1.29 is 14.7 Å². The molecule has 0 spiro atoms.